The molecule has 0 atom stereocenters. The van der Waals surface area contributed by atoms with Crippen LogP contribution in [0.25, 0.3) is 0 Å². The van der Waals surface area contributed by atoms with Crippen LogP contribution in [0.1, 0.15) is 13.3 Å². The molecule has 0 saturated carbocycles. The number of nitrogens with two attached hydrogens (primary N) is 1. The Hall–Kier alpha value is -2.05. The van der Waals surface area contributed by atoms with Gasteiger partial charge in [0.05, 0.1) is 13.0 Å². The van der Waals surface area contributed by atoms with Crippen molar-refractivity contribution in [3.63, 3.8) is 0 Å². The van der Waals surface area contributed by atoms with E-state index >= 15 is 0 Å². The van der Waals surface area contributed by atoms with Crippen LogP contribution in [-0.4, -0.2) is 46.8 Å². The average molecular weight is 254 g/mol. The van der Waals surface area contributed by atoms with Crippen molar-refractivity contribution in [2.24, 2.45) is 0 Å². The first kappa shape index (κ1) is 14.0. The second-order valence-electron chi connectivity index (χ2n) is 3.81. The van der Waals surface area contributed by atoms with Crippen LogP contribution in [0.15, 0.2) is 12.3 Å². The van der Waals surface area contributed by atoms with Crippen LogP contribution in [0, 0.1) is 0 Å². The lowest BCUT2D eigenvalue weighted by atomic mass is 10.4. The fraction of sp³-hybridized carbons (Fsp3) is 0.545. The minimum Gasteiger partial charge on any atom is -0.466 e. The van der Waals surface area contributed by atoms with Gasteiger partial charge in [-0.15, -0.1) is 0 Å². The molecule has 0 aliphatic carbocycles. The minimum absolute atomic E-state index is 0.108. The highest BCUT2D eigenvalue weighted by molar-refractivity contribution is 5.76. The lowest BCUT2D eigenvalue weighted by Crippen LogP contribution is -2.32. The van der Waals surface area contributed by atoms with Crippen molar-refractivity contribution in [3.8, 4) is 0 Å². The third kappa shape index (κ3) is 4.44. The Morgan fingerprint density at radius 3 is 2.83 bits per heavy atom. The van der Waals surface area contributed by atoms with Gasteiger partial charge in [0.15, 0.2) is 0 Å². The van der Waals surface area contributed by atoms with Gasteiger partial charge in [0.1, 0.15) is 12.4 Å². The molecule has 0 aliphatic heterocycles. The second-order valence-corrected chi connectivity index (χ2v) is 3.81. The molecule has 1 aromatic rings. The molecular formula is C11H18N4O3. The molecule has 1 rings (SSSR count). The number of nitrogen functional groups attached to an aromatic ring is 1. The highest BCUT2D eigenvalue weighted by Crippen LogP contribution is 1.98. The van der Waals surface area contributed by atoms with E-state index in [1.165, 1.54) is 9.58 Å². The summed E-state index contributed by atoms with van der Waals surface area (Å²) in [4.78, 5) is 24.4. The number of nitrogens with zero attached hydrogens (tertiary/aromatic N) is 3. The zero-order valence-corrected chi connectivity index (χ0v) is 10.6. The molecule has 0 aromatic carbocycles. The lowest BCUT2D eigenvalue weighted by Gasteiger charge is -2.16. The van der Waals surface area contributed by atoms with E-state index in [0.717, 1.165) is 0 Å². The first-order valence-electron chi connectivity index (χ1n) is 5.71. The Labute approximate surface area is 105 Å². The van der Waals surface area contributed by atoms with Crippen molar-refractivity contribution in [3.05, 3.63) is 12.3 Å². The summed E-state index contributed by atoms with van der Waals surface area (Å²) in [6.45, 7) is 2.53. The second kappa shape index (κ2) is 6.63. The van der Waals surface area contributed by atoms with Crippen molar-refractivity contribution in [2.45, 2.75) is 19.9 Å². The Morgan fingerprint density at radius 1 is 1.56 bits per heavy atom. The lowest BCUT2D eigenvalue weighted by molar-refractivity contribution is -0.143. The standard InChI is InChI=1S/C11H18N4O3/c1-3-18-11(17)5-6-14(2)10(16)8-15-7-4-9(12)13-15/h4,7H,3,5-6,8H2,1-2H3,(H2,12,13). The zero-order valence-electron chi connectivity index (χ0n) is 10.6. The number of rotatable bonds is 6. The predicted octanol–water partition coefficient (Wildman–Crippen LogP) is -0.123. The van der Waals surface area contributed by atoms with E-state index in [0.29, 0.717) is 19.0 Å². The van der Waals surface area contributed by atoms with Crippen molar-refractivity contribution < 1.29 is 14.3 Å². The Morgan fingerprint density at radius 2 is 2.28 bits per heavy atom. The normalized spacial score (nSPS) is 10.1. The first-order chi connectivity index (χ1) is 8.52. The maximum Gasteiger partial charge on any atom is 0.307 e. The molecule has 0 saturated heterocycles. The summed E-state index contributed by atoms with van der Waals surface area (Å²) < 4.78 is 6.24. The molecule has 1 aromatic heterocycles. The predicted molar refractivity (Wildman–Crippen MR) is 65.5 cm³/mol. The number of anilines is 1. The maximum absolute atomic E-state index is 11.8. The van der Waals surface area contributed by atoms with E-state index in [9.17, 15) is 9.59 Å². The van der Waals surface area contributed by atoms with E-state index in [1.54, 1.807) is 26.2 Å². The van der Waals surface area contributed by atoms with E-state index in [-0.39, 0.29) is 24.8 Å². The molecule has 18 heavy (non-hydrogen) atoms. The quantitative estimate of drug-likeness (QED) is 0.714. The van der Waals surface area contributed by atoms with Gasteiger partial charge in [0, 0.05) is 19.8 Å². The third-order valence-corrected chi connectivity index (χ3v) is 2.34. The zero-order chi connectivity index (χ0) is 13.5. The SMILES string of the molecule is CCOC(=O)CCN(C)C(=O)Cn1ccc(N)n1. The van der Waals surface area contributed by atoms with E-state index in [1.807, 2.05) is 0 Å². The number of hydrogen-bond donors (Lipinski definition) is 1. The van der Waals surface area contributed by atoms with Gasteiger partial charge < -0.3 is 15.4 Å². The fourth-order valence-corrected chi connectivity index (χ4v) is 1.34. The van der Waals surface area contributed by atoms with Crippen molar-refractivity contribution in [1.29, 1.82) is 0 Å². The smallest absolute Gasteiger partial charge is 0.307 e. The van der Waals surface area contributed by atoms with E-state index in [2.05, 4.69) is 5.10 Å². The van der Waals surface area contributed by atoms with Gasteiger partial charge in [-0.3, -0.25) is 14.3 Å². The van der Waals surface area contributed by atoms with Gasteiger partial charge in [-0.1, -0.05) is 0 Å². The van der Waals surface area contributed by atoms with Crippen molar-refractivity contribution >= 4 is 17.7 Å². The van der Waals surface area contributed by atoms with E-state index < -0.39 is 0 Å². The molecule has 0 spiro atoms. The first-order valence-corrected chi connectivity index (χ1v) is 5.71. The summed E-state index contributed by atoms with van der Waals surface area (Å²) in [5.41, 5.74) is 5.44. The maximum atomic E-state index is 11.8. The molecule has 7 heteroatoms. The van der Waals surface area contributed by atoms with Gasteiger partial charge in [-0.2, -0.15) is 5.10 Å². The van der Waals surface area contributed by atoms with Gasteiger partial charge in [-0.25, -0.2) is 0 Å². The molecular weight excluding hydrogens is 236 g/mol. The monoisotopic (exact) mass is 254 g/mol. The van der Waals surface area contributed by atoms with Crippen molar-refractivity contribution in [1.82, 2.24) is 14.7 Å². The molecule has 2 N–H and O–H groups in total. The summed E-state index contributed by atoms with van der Waals surface area (Å²) in [5.74, 6) is -0.0696. The Kier molecular flexibility index (Phi) is 5.16. The summed E-state index contributed by atoms with van der Waals surface area (Å²) >= 11 is 0. The number of likely N-dealkylation sites (N-methyl/N-ethyl adjacent to an activating group) is 1. The number of amides is 1. The number of carbonyl (C=O) groups is 2. The summed E-state index contributed by atoms with van der Waals surface area (Å²) in [5, 5.41) is 3.91. The van der Waals surface area contributed by atoms with Gasteiger partial charge in [-0.05, 0) is 13.0 Å². The van der Waals surface area contributed by atoms with Crippen LogP contribution in [0.5, 0.6) is 0 Å². The van der Waals surface area contributed by atoms with Crippen LogP contribution < -0.4 is 5.73 Å². The molecule has 0 radical (unpaired) electrons. The van der Waals surface area contributed by atoms with Crippen LogP contribution in [0.3, 0.4) is 0 Å². The van der Waals surface area contributed by atoms with Crippen LogP contribution >= 0.6 is 0 Å². The average Bonchev–Trinajstić information content (AvgIpc) is 2.72. The molecule has 0 fully saturated rings. The van der Waals surface area contributed by atoms with E-state index in [4.69, 9.17) is 10.5 Å². The molecule has 0 unspecified atom stereocenters. The van der Waals surface area contributed by atoms with Crippen LogP contribution in [0.2, 0.25) is 0 Å². The number of ether oxygens (including phenoxy) is 1. The topological polar surface area (TPSA) is 90.5 Å². The van der Waals surface area contributed by atoms with Crippen LogP contribution in [-0.2, 0) is 20.9 Å². The largest absolute Gasteiger partial charge is 0.466 e. The fourth-order valence-electron chi connectivity index (χ4n) is 1.34. The molecule has 1 heterocycles. The number of carbonyl (C=O) groups excluding carboxylic acids is 2. The van der Waals surface area contributed by atoms with Crippen LogP contribution in [0.4, 0.5) is 5.82 Å². The molecule has 1 amide bonds. The van der Waals surface area contributed by atoms with Crippen molar-refractivity contribution in [2.75, 3.05) is 25.9 Å². The highest BCUT2D eigenvalue weighted by Gasteiger charge is 2.12. The minimum atomic E-state index is -0.305. The summed E-state index contributed by atoms with van der Waals surface area (Å²) in [7, 11) is 1.63. The highest BCUT2D eigenvalue weighted by atomic mass is 16.5. The molecule has 100 valence electrons. The van der Waals surface area contributed by atoms with Gasteiger partial charge in [0.2, 0.25) is 5.91 Å². The Balaban J connectivity index is 2.35. The molecule has 0 bridgehead atoms. The summed E-state index contributed by atoms with van der Waals surface area (Å²) in [6.07, 6.45) is 1.82. The number of esters is 1. The number of aromatic nitrogens is 2. The summed E-state index contributed by atoms with van der Waals surface area (Å²) in [6, 6.07) is 1.62. The Bertz CT molecular complexity index is 416. The number of hydrogen-bond acceptors (Lipinski definition) is 5. The molecule has 7 nitrogen and oxygen atoms in total. The van der Waals surface area contributed by atoms with Gasteiger partial charge in [0.25, 0.3) is 0 Å². The third-order valence-electron chi connectivity index (χ3n) is 2.34. The molecule has 0 aliphatic rings. The van der Waals surface area contributed by atoms with Gasteiger partial charge >= 0.3 is 5.97 Å².